The molecule has 0 aromatic carbocycles. The van der Waals surface area contributed by atoms with Crippen molar-refractivity contribution in [2.24, 2.45) is 5.73 Å². The molecule has 0 aliphatic carbocycles. The summed E-state index contributed by atoms with van der Waals surface area (Å²) in [7, 11) is 1.75. The average Bonchev–Trinajstić information content (AvgIpc) is 3.04. The van der Waals surface area contributed by atoms with E-state index in [0.717, 1.165) is 10.4 Å². The van der Waals surface area contributed by atoms with Crippen LogP contribution in [0.1, 0.15) is 26.6 Å². The van der Waals surface area contributed by atoms with Crippen molar-refractivity contribution in [2.45, 2.75) is 13.5 Å². The summed E-state index contributed by atoms with van der Waals surface area (Å²) >= 11 is 1.57. The Morgan fingerprint density at radius 1 is 1.60 bits per heavy atom. The van der Waals surface area contributed by atoms with Crippen molar-refractivity contribution in [3.05, 3.63) is 39.4 Å². The first-order valence-corrected chi connectivity index (χ1v) is 6.93. The fourth-order valence-electron chi connectivity index (χ4n) is 1.70. The lowest BCUT2D eigenvalue weighted by atomic mass is 10.2. The van der Waals surface area contributed by atoms with Crippen LogP contribution >= 0.6 is 11.3 Å². The standard InChI is InChI=1S/C14H15N3O2S/c1-10-13(7-16-19-10)14(18)17(2)8-12-6-11(9-20-12)4-3-5-15/h6-7,9H,5,8,15H2,1-2H3. The number of nitrogens with two attached hydrogens (primary N) is 1. The Bertz CT molecular complexity index is 663. The molecule has 2 heterocycles. The lowest BCUT2D eigenvalue weighted by Crippen LogP contribution is -2.25. The molecule has 2 aromatic rings. The van der Waals surface area contributed by atoms with E-state index in [9.17, 15) is 4.79 Å². The Morgan fingerprint density at radius 2 is 2.40 bits per heavy atom. The Balaban J connectivity index is 2.04. The van der Waals surface area contributed by atoms with Crippen LogP contribution in [0.3, 0.4) is 0 Å². The number of carbonyl (C=O) groups is 1. The molecule has 2 rings (SSSR count). The number of nitrogens with zero attached hydrogens (tertiary/aromatic N) is 2. The normalized spacial score (nSPS) is 9.95. The number of rotatable bonds is 3. The second-order valence-corrected chi connectivity index (χ2v) is 5.26. The maximum Gasteiger partial charge on any atom is 0.259 e. The first-order chi connectivity index (χ1) is 9.61. The van der Waals surface area contributed by atoms with E-state index in [0.29, 0.717) is 24.4 Å². The van der Waals surface area contributed by atoms with Crippen LogP contribution in [-0.2, 0) is 6.54 Å². The molecule has 0 saturated carbocycles. The van der Waals surface area contributed by atoms with E-state index in [-0.39, 0.29) is 5.91 Å². The van der Waals surface area contributed by atoms with E-state index in [1.807, 2.05) is 11.4 Å². The highest BCUT2D eigenvalue weighted by Gasteiger charge is 2.17. The highest BCUT2D eigenvalue weighted by molar-refractivity contribution is 7.10. The number of amides is 1. The first kappa shape index (κ1) is 14.3. The smallest absolute Gasteiger partial charge is 0.259 e. The predicted molar refractivity (Wildman–Crippen MR) is 77.3 cm³/mol. The third kappa shape index (κ3) is 3.26. The van der Waals surface area contributed by atoms with E-state index in [1.165, 1.54) is 6.20 Å². The molecule has 0 unspecified atom stereocenters. The molecule has 6 heteroatoms. The van der Waals surface area contributed by atoms with Crippen molar-refractivity contribution in [1.29, 1.82) is 0 Å². The molecule has 20 heavy (non-hydrogen) atoms. The topological polar surface area (TPSA) is 72.4 Å². The summed E-state index contributed by atoms with van der Waals surface area (Å²) in [6.07, 6.45) is 1.45. The fourth-order valence-corrected chi connectivity index (χ4v) is 2.57. The fraction of sp³-hybridized carbons (Fsp3) is 0.286. The summed E-state index contributed by atoms with van der Waals surface area (Å²) in [4.78, 5) is 14.9. The number of aryl methyl sites for hydroxylation is 1. The van der Waals surface area contributed by atoms with Crippen LogP contribution in [0, 0.1) is 18.8 Å². The number of carbonyl (C=O) groups excluding carboxylic acids is 1. The molecule has 0 atom stereocenters. The molecule has 0 spiro atoms. The van der Waals surface area contributed by atoms with Gasteiger partial charge in [-0.1, -0.05) is 17.0 Å². The molecule has 2 N–H and O–H groups in total. The van der Waals surface area contributed by atoms with E-state index in [4.69, 9.17) is 10.3 Å². The Labute approximate surface area is 121 Å². The van der Waals surface area contributed by atoms with Gasteiger partial charge >= 0.3 is 0 Å². The minimum Gasteiger partial charge on any atom is -0.361 e. The molecule has 0 fully saturated rings. The second kappa shape index (κ2) is 6.37. The highest BCUT2D eigenvalue weighted by Crippen LogP contribution is 2.17. The van der Waals surface area contributed by atoms with Gasteiger partial charge in [0.2, 0.25) is 0 Å². The van der Waals surface area contributed by atoms with Gasteiger partial charge in [-0.25, -0.2) is 0 Å². The summed E-state index contributed by atoms with van der Waals surface area (Å²) in [6.45, 7) is 2.59. The minimum atomic E-state index is -0.105. The molecule has 2 aromatic heterocycles. The van der Waals surface area contributed by atoms with Crippen molar-refractivity contribution in [2.75, 3.05) is 13.6 Å². The third-order valence-corrected chi connectivity index (χ3v) is 3.63. The van der Waals surface area contributed by atoms with Gasteiger partial charge in [0.05, 0.1) is 19.3 Å². The monoisotopic (exact) mass is 289 g/mol. The summed E-state index contributed by atoms with van der Waals surface area (Å²) < 4.78 is 4.91. The summed E-state index contributed by atoms with van der Waals surface area (Å²) in [5.41, 5.74) is 6.76. The zero-order valence-electron chi connectivity index (χ0n) is 11.3. The van der Waals surface area contributed by atoms with Crippen LogP contribution in [0.5, 0.6) is 0 Å². The zero-order chi connectivity index (χ0) is 14.5. The number of hydrogen-bond acceptors (Lipinski definition) is 5. The van der Waals surface area contributed by atoms with Crippen LogP contribution in [0.2, 0.25) is 0 Å². The zero-order valence-corrected chi connectivity index (χ0v) is 12.2. The van der Waals surface area contributed by atoms with Crippen molar-refractivity contribution in [3.63, 3.8) is 0 Å². The first-order valence-electron chi connectivity index (χ1n) is 6.05. The minimum absolute atomic E-state index is 0.105. The van der Waals surface area contributed by atoms with E-state index in [2.05, 4.69) is 17.0 Å². The molecule has 0 saturated heterocycles. The Morgan fingerprint density at radius 3 is 3.05 bits per heavy atom. The van der Waals surface area contributed by atoms with Gasteiger partial charge in [0, 0.05) is 22.9 Å². The molecule has 1 amide bonds. The average molecular weight is 289 g/mol. The van der Waals surface area contributed by atoms with E-state index >= 15 is 0 Å². The van der Waals surface area contributed by atoms with Crippen LogP contribution in [-0.4, -0.2) is 29.6 Å². The van der Waals surface area contributed by atoms with E-state index < -0.39 is 0 Å². The van der Waals surface area contributed by atoms with Gasteiger partial charge in [0.15, 0.2) is 0 Å². The van der Waals surface area contributed by atoms with E-state index in [1.54, 1.807) is 30.2 Å². The molecular weight excluding hydrogens is 274 g/mol. The molecular formula is C14H15N3O2S. The van der Waals surface area contributed by atoms with Crippen molar-refractivity contribution in [3.8, 4) is 11.8 Å². The van der Waals surface area contributed by atoms with Gasteiger partial charge in [0.25, 0.3) is 5.91 Å². The maximum atomic E-state index is 12.2. The van der Waals surface area contributed by atoms with Gasteiger partial charge in [-0.3, -0.25) is 4.79 Å². The Hall–Kier alpha value is -2.10. The number of thiophene rings is 1. The Kier molecular flexibility index (Phi) is 4.56. The quantitative estimate of drug-likeness (QED) is 0.872. The SMILES string of the molecule is Cc1oncc1C(=O)N(C)Cc1cc(C#CCN)cs1. The molecule has 0 aliphatic rings. The van der Waals surface area contributed by atoms with Crippen molar-refractivity contribution in [1.82, 2.24) is 10.1 Å². The highest BCUT2D eigenvalue weighted by atomic mass is 32.1. The van der Waals surface area contributed by atoms with Crippen LogP contribution < -0.4 is 5.73 Å². The van der Waals surface area contributed by atoms with Gasteiger partial charge in [-0.2, -0.15) is 0 Å². The van der Waals surface area contributed by atoms with Gasteiger partial charge in [-0.15, -0.1) is 11.3 Å². The molecule has 104 valence electrons. The van der Waals surface area contributed by atoms with Crippen LogP contribution in [0.15, 0.2) is 22.2 Å². The lowest BCUT2D eigenvalue weighted by molar-refractivity contribution is 0.0784. The van der Waals surface area contributed by atoms with Crippen molar-refractivity contribution < 1.29 is 9.32 Å². The summed E-state index contributed by atoms with van der Waals surface area (Å²) in [5, 5.41) is 5.58. The predicted octanol–water partition coefficient (Wildman–Crippen LogP) is 1.63. The van der Waals surface area contributed by atoms with Gasteiger partial charge < -0.3 is 15.2 Å². The maximum absolute atomic E-state index is 12.2. The van der Waals surface area contributed by atoms with Gasteiger partial charge in [-0.05, 0) is 13.0 Å². The molecule has 5 nitrogen and oxygen atoms in total. The number of hydrogen-bond donors (Lipinski definition) is 1. The summed E-state index contributed by atoms with van der Waals surface area (Å²) in [6, 6.07) is 1.97. The van der Waals surface area contributed by atoms with Crippen molar-refractivity contribution >= 4 is 17.2 Å². The summed E-state index contributed by atoms with van der Waals surface area (Å²) in [5.74, 6) is 6.20. The molecule has 0 bridgehead atoms. The van der Waals surface area contributed by atoms with Crippen LogP contribution in [0.4, 0.5) is 0 Å². The number of aromatic nitrogens is 1. The largest absolute Gasteiger partial charge is 0.361 e. The lowest BCUT2D eigenvalue weighted by Gasteiger charge is -2.15. The third-order valence-electron chi connectivity index (χ3n) is 2.71. The van der Waals surface area contributed by atoms with Gasteiger partial charge in [0.1, 0.15) is 11.3 Å². The van der Waals surface area contributed by atoms with Crippen LogP contribution in [0.25, 0.3) is 0 Å². The molecule has 0 aliphatic heterocycles. The molecule has 0 radical (unpaired) electrons. The second-order valence-electron chi connectivity index (χ2n) is 4.26.